The number of halogens is 1. The van der Waals surface area contributed by atoms with Crippen molar-refractivity contribution in [1.29, 1.82) is 0 Å². The van der Waals surface area contributed by atoms with Crippen LogP contribution in [0.3, 0.4) is 0 Å². The number of pyridine rings is 1. The molecule has 1 N–H and O–H groups in total. The van der Waals surface area contributed by atoms with Gasteiger partial charge in [0.2, 0.25) is 0 Å². The Morgan fingerprint density at radius 2 is 1.85 bits per heavy atom. The lowest BCUT2D eigenvalue weighted by molar-refractivity contribution is 0.102. The molecule has 0 radical (unpaired) electrons. The summed E-state index contributed by atoms with van der Waals surface area (Å²) in [4.78, 5) is 17.4. The molecule has 0 saturated heterocycles. The van der Waals surface area contributed by atoms with Crippen molar-refractivity contribution in [3.63, 3.8) is 0 Å². The predicted molar refractivity (Wildman–Crippen MR) is 104 cm³/mol. The van der Waals surface area contributed by atoms with Gasteiger partial charge in [0, 0.05) is 16.2 Å². The number of carbonyl (C=O) groups is 1. The maximum Gasteiger partial charge on any atom is 0.256 e. The number of imidazole rings is 1. The fourth-order valence-electron chi connectivity index (χ4n) is 2.78. The van der Waals surface area contributed by atoms with E-state index in [-0.39, 0.29) is 5.91 Å². The Hall–Kier alpha value is -2.86. The van der Waals surface area contributed by atoms with Crippen LogP contribution in [0.1, 0.15) is 21.7 Å². The van der Waals surface area contributed by atoms with E-state index in [4.69, 9.17) is 4.42 Å². The summed E-state index contributed by atoms with van der Waals surface area (Å²) < 4.78 is 8.54. The molecule has 130 valence electrons. The Bertz CT molecular complexity index is 1110. The topological polar surface area (TPSA) is 59.5 Å². The van der Waals surface area contributed by atoms with Gasteiger partial charge in [0.1, 0.15) is 22.9 Å². The standard InChI is InChI=1S/C20H16BrN3O2/c1-12-3-10-17-22-18(16-9-4-13(2)26-16)19(24(17)11-12)23-20(25)14-5-7-15(21)8-6-14/h3-11H,1-2H3,(H,23,25). The van der Waals surface area contributed by atoms with Crippen LogP contribution in [0.15, 0.2) is 63.6 Å². The average Bonchev–Trinajstić information content (AvgIpc) is 3.19. The molecule has 0 aliphatic carbocycles. The maximum atomic E-state index is 12.7. The van der Waals surface area contributed by atoms with Crippen LogP contribution >= 0.6 is 15.9 Å². The molecule has 1 amide bonds. The SMILES string of the molecule is Cc1ccc2nc(-c3ccc(C)o3)c(NC(=O)c3ccc(Br)cc3)n2c1. The molecule has 4 rings (SSSR count). The average molecular weight is 410 g/mol. The van der Waals surface area contributed by atoms with Crippen molar-refractivity contribution in [2.75, 3.05) is 5.32 Å². The molecule has 0 atom stereocenters. The lowest BCUT2D eigenvalue weighted by Gasteiger charge is -2.07. The van der Waals surface area contributed by atoms with Crippen LogP contribution in [0.5, 0.6) is 0 Å². The number of nitrogens with zero attached hydrogens (tertiary/aromatic N) is 2. The lowest BCUT2D eigenvalue weighted by Crippen LogP contribution is -2.14. The van der Waals surface area contributed by atoms with Gasteiger partial charge in [-0.2, -0.15) is 0 Å². The molecular weight excluding hydrogens is 394 g/mol. The molecule has 0 aliphatic rings. The van der Waals surface area contributed by atoms with E-state index >= 15 is 0 Å². The van der Waals surface area contributed by atoms with E-state index in [9.17, 15) is 4.79 Å². The van der Waals surface area contributed by atoms with Crippen LogP contribution in [0.25, 0.3) is 17.1 Å². The molecule has 3 aromatic heterocycles. The van der Waals surface area contributed by atoms with Crippen molar-refractivity contribution in [1.82, 2.24) is 9.38 Å². The molecule has 0 bridgehead atoms. The zero-order chi connectivity index (χ0) is 18.3. The molecule has 4 aromatic rings. The van der Waals surface area contributed by atoms with Gasteiger partial charge in [0.05, 0.1) is 0 Å². The monoisotopic (exact) mass is 409 g/mol. The molecule has 0 fully saturated rings. The van der Waals surface area contributed by atoms with E-state index in [0.29, 0.717) is 22.8 Å². The maximum absolute atomic E-state index is 12.7. The highest BCUT2D eigenvalue weighted by molar-refractivity contribution is 9.10. The summed E-state index contributed by atoms with van der Waals surface area (Å²) >= 11 is 3.38. The van der Waals surface area contributed by atoms with Crippen LogP contribution in [0, 0.1) is 13.8 Å². The number of rotatable bonds is 3. The van der Waals surface area contributed by atoms with Crippen LogP contribution in [-0.2, 0) is 0 Å². The molecule has 1 aromatic carbocycles. The molecule has 3 heterocycles. The summed E-state index contributed by atoms with van der Waals surface area (Å²) in [6.07, 6.45) is 1.94. The molecule has 0 saturated carbocycles. The van der Waals surface area contributed by atoms with Gasteiger partial charge in [0.15, 0.2) is 5.76 Å². The summed E-state index contributed by atoms with van der Waals surface area (Å²) in [7, 11) is 0. The van der Waals surface area contributed by atoms with E-state index in [1.807, 2.05) is 60.8 Å². The Labute approximate surface area is 158 Å². The van der Waals surface area contributed by atoms with E-state index in [0.717, 1.165) is 21.4 Å². The van der Waals surface area contributed by atoms with Crippen molar-refractivity contribution in [3.05, 3.63) is 76.1 Å². The smallest absolute Gasteiger partial charge is 0.256 e. The highest BCUT2D eigenvalue weighted by atomic mass is 79.9. The number of fused-ring (bicyclic) bond motifs is 1. The number of aryl methyl sites for hydroxylation is 2. The van der Waals surface area contributed by atoms with Gasteiger partial charge in [-0.15, -0.1) is 0 Å². The van der Waals surface area contributed by atoms with Gasteiger partial charge in [0.25, 0.3) is 5.91 Å². The summed E-state index contributed by atoms with van der Waals surface area (Å²) in [5.41, 5.74) is 2.98. The van der Waals surface area contributed by atoms with Gasteiger partial charge in [-0.25, -0.2) is 4.98 Å². The molecule has 0 spiro atoms. The summed E-state index contributed by atoms with van der Waals surface area (Å²) in [6.45, 7) is 3.88. The fraction of sp³-hybridized carbons (Fsp3) is 0.100. The molecule has 0 unspecified atom stereocenters. The van der Waals surface area contributed by atoms with Crippen molar-refractivity contribution < 1.29 is 9.21 Å². The molecular formula is C20H16BrN3O2. The number of anilines is 1. The lowest BCUT2D eigenvalue weighted by atomic mass is 10.2. The van der Waals surface area contributed by atoms with Crippen molar-refractivity contribution >= 4 is 33.3 Å². The highest BCUT2D eigenvalue weighted by Gasteiger charge is 2.19. The predicted octanol–water partition coefficient (Wildman–Crippen LogP) is 5.23. The Kier molecular flexibility index (Phi) is 4.12. The van der Waals surface area contributed by atoms with E-state index < -0.39 is 0 Å². The minimum atomic E-state index is -0.203. The normalized spacial score (nSPS) is 11.0. The zero-order valence-corrected chi connectivity index (χ0v) is 15.9. The Morgan fingerprint density at radius 3 is 2.54 bits per heavy atom. The third kappa shape index (κ3) is 3.04. The third-order valence-corrected chi connectivity index (χ3v) is 4.61. The third-order valence-electron chi connectivity index (χ3n) is 4.08. The first-order valence-electron chi connectivity index (χ1n) is 8.14. The molecule has 6 heteroatoms. The number of aromatic nitrogens is 2. The number of furan rings is 1. The Morgan fingerprint density at radius 1 is 1.08 bits per heavy atom. The molecule has 26 heavy (non-hydrogen) atoms. The van der Waals surface area contributed by atoms with Gasteiger partial charge in [-0.05, 0) is 61.9 Å². The van der Waals surface area contributed by atoms with E-state index in [1.54, 1.807) is 12.1 Å². The quantitative estimate of drug-likeness (QED) is 0.504. The van der Waals surface area contributed by atoms with Crippen LogP contribution < -0.4 is 5.32 Å². The van der Waals surface area contributed by atoms with Gasteiger partial charge < -0.3 is 9.73 Å². The first kappa shape index (κ1) is 16.6. The van der Waals surface area contributed by atoms with Gasteiger partial charge >= 0.3 is 0 Å². The minimum Gasteiger partial charge on any atom is -0.460 e. The number of hydrogen-bond donors (Lipinski definition) is 1. The Balaban J connectivity index is 1.82. The zero-order valence-electron chi connectivity index (χ0n) is 14.3. The van der Waals surface area contributed by atoms with Crippen molar-refractivity contribution in [2.24, 2.45) is 0 Å². The number of benzene rings is 1. The number of hydrogen-bond acceptors (Lipinski definition) is 3. The molecule has 5 nitrogen and oxygen atoms in total. The second kappa shape index (κ2) is 6.46. The minimum absolute atomic E-state index is 0.203. The summed E-state index contributed by atoms with van der Waals surface area (Å²) in [5, 5.41) is 2.99. The first-order chi connectivity index (χ1) is 12.5. The van der Waals surface area contributed by atoms with Crippen LogP contribution in [0.4, 0.5) is 5.82 Å². The largest absolute Gasteiger partial charge is 0.460 e. The number of carbonyl (C=O) groups excluding carboxylic acids is 1. The van der Waals surface area contributed by atoms with Gasteiger partial charge in [-0.1, -0.05) is 22.0 Å². The van der Waals surface area contributed by atoms with E-state index in [2.05, 4.69) is 26.2 Å². The number of nitrogens with one attached hydrogen (secondary N) is 1. The second-order valence-corrected chi connectivity index (χ2v) is 7.03. The van der Waals surface area contributed by atoms with Crippen LogP contribution in [-0.4, -0.2) is 15.3 Å². The fourth-order valence-corrected chi connectivity index (χ4v) is 3.05. The van der Waals surface area contributed by atoms with Crippen molar-refractivity contribution in [2.45, 2.75) is 13.8 Å². The number of amides is 1. The first-order valence-corrected chi connectivity index (χ1v) is 8.93. The summed E-state index contributed by atoms with van der Waals surface area (Å²) in [5.74, 6) is 1.80. The molecule has 0 aliphatic heterocycles. The summed E-state index contributed by atoms with van der Waals surface area (Å²) in [6, 6.07) is 14.9. The van der Waals surface area contributed by atoms with Crippen LogP contribution in [0.2, 0.25) is 0 Å². The second-order valence-electron chi connectivity index (χ2n) is 6.11. The van der Waals surface area contributed by atoms with E-state index in [1.165, 1.54) is 0 Å². The van der Waals surface area contributed by atoms with Crippen molar-refractivity contribution in [3.8, 4) is 11.5 Å². The highest BCUT2D eigenvalue weighted by Crippen LogP contribution is 2.31. The van der Waals surface area contributed by atoms with Gasteiger partial charge in [-0.3, -0.25) is 9.20 Å².